The van der Waals surface area contributed by atoms with Crippen LogP contribution in [0.4, 0.5) is 105 Å². The van der Waals surface area contributed by atoms with Crippen LogP contribution in [0.25, 0.3) is 0 Å². The Kier molecular flexibility index (Phi) is 13.8. The first-order chi connectivity index (χ1) is 27.2. The van der Waals surface area contributed by atoms with E-state index in [1.54, 1.807) is 6.08 Å². The quantitative estimate of drug-likeness (QED) is 0.0810. The maximum absolute atomic E-state index is 14.2. The molecule has 0 aliphatic heterocycles. The zero-order chi connectivity index (χ0) is 47.3. The molecule has 0 radical (unpaired) electrons. The van der Waals surface area contributed by atoms with E-state index in [1.165, 1.54) is 0 Å². The van der Waals surface area contributed by atoms with Gasteiger partial charge in [-0.25, -0.2) is 0 Å². The molecule has 26 heteroatoms. The Morgan fingerprint density at radius 1 is 0.311 bits per heavy atom. The van der Waals surface area contributed by atoms with E-state index in [2.05, 4.69) is 19.2 Å². The third-order valence-electron chi connectivity index (χ3n) is 8.58. The predicted octanol–water partition coefficient (Wildman–Crippen LogP) is 11.4. The van der Waals surface area contributed by atoms with Crippen molar-refractivity contribution in [1.29, 1.82) is 0 Å². The van der Waals surface area contributed by atoms with E-state index in [1.807, 2.05) is 0 Å². The summed E-state index contributed by atoms with van der Waals surface area (Å²) >= 11 is 3.17. The lowest BCUT2D eigenvalue weighted by Crippen LogP contribution is -2.75. The molecular formula is C35H19BF24S. The molecule has 0 spiro atoms. The van der Waals surface area contributed by atoms with E-state index in [0.717, 1.165) is 5.75 Å². The Balaban J connectivity index is 0.00000237. The number of rotatable bonds is 5. The van der Waals surface area contributed by atoms with Crippen LogP contribution in [0, 0.1) is 0 Å². The molecule has 0 atom stereocenters. The second-order valence-corrected chi connectivity index (χ2v) is 13.1. The lowest BCUT2D eigenvalue weighted by atomic mass is 9.12. The van der Waals surface area contributed by atoms with Crippen LogP contribution in [0.3, 0.4) is 0 Å². The Morgan fingerprint density at radius 2 is 0.426 bits per heavy atom. The van der Waals surface area contributed by atoms with Gasteiger partial charge in [0, 0.05) is 0 Å². The molecule has 61 heavy (non-hydrogen) atoms. The normalized spacial score (nSPS) is 13.8. The number of halogens is 24. The summed E-state index contributed by atoms with van der Waals surface area (Å²) in [6, 6.07) is -8.81. The smallest absolute Gasteiger partial charge is 0.194 e. The minimum Gasteiger partial charge on any atom is -0.194 e. The molecule has 0 N–H and O–H groups in total. The first-order valence-electron chi connectivity index (χ1n) is 15.8. The molecule has 4 aromatic carbocycles. The average molecular weight is 938 g/mol. The van der Waals surface area contributed by atoms with E-state index in [4.69, 9.17) is 0 Å². The van der Waals surface area contributed by atoms with Crippen LogP contribution < -0.4 is 21.9 Å². The fourth-order valence-electron chi connectivity index (χ4n) is 6.07. The van der Waals surface area contributed by atoms with E-state index in [-0.39, 0.29) is 0 Å². The molecule has 4 rings (SSSR count). The van der Waals surface area contributed by atoms with Gasteiger partial charge in [0.05, 0.1) is 44.5 Å². The topological polar surface area (TPSA) is 0 Å². The zero-order valence-electron chi connectivity index (χ0n) is 29.1. The average Bonchev–Trinajstić information content (AvgIpc) is 3.08. The first-order valence-corrected chi connectivity index (χ1v) is 16.5. The van der Waals surface area contributed by atoms with E-state index < -0.39 is 195 Å². The van der Waals surface area contributed by atoms with Crippen molar-refractivity contribution in [2.75, 3.05) is 5.75 Å². The van der Waals surface area contributed by atoms with Crippen LogP contribution in [0.5, 0.6) is 0 Å². The van der Waals surface area contributed by atoms with Crippen molar-refractivity contribution in [3.63, 3.8) is 0 Å². The molecule has 0 unspecified atom stereocenters. The van der Waals surface area contributed by atoms with E-state index >= 15 is 0 Å². The largest absolute Gasteiger partial charge is 0.416 e. The molecule has 0 aliphatic rings. The molecule has 336 valence electrons. The fourth-order valence-corrected chi connectivity index (χ4v) is 6.07. The molecule has 0 saturated carbocycles. The summed E-state index contributed by atoms with van der Waals surface area (Å²) in [6.07, 6.45) is -53.0. The van der Waals surface area contributed by atoms with Crippen LogP contribution >= 0.6 is 0 Å². The minimum absolute atomic E-state index is 0.691. The molecule has 0 aliphatic carbocycles. The summed E-state index contributed by atoms with van der Waals surface area (Å²) in [5.41, 5.74) is -30.2. The van der Waals surface area contributed by atoms with Gasteiger partial charge in [0.1, 0.15) is 11.9 Å². The minimum atomic E-state index is -6.13. The van der Waals surface area contributed by atoms with E-state index in [0.29, 0.717) is 0 Å². The standard InChI is InChI=1S/C32H12BF24.C3H6S/c34-25(35,36)13-1-14(26(37,38)39)6-21(5-13)33(22-7-15(27(40,41)42)2-16(8-22)28(43,44)45,23-9-17(29(46,47)48)3-18(10-23)30(49,50)51)24-11-19(31(52,53)54)4-20(12-24)32(55,56)57;1-2-3-4/h1-12H;2,4H,1,3H2/q-1;/p+1. The monoisotopic (exact) mass is 938 g/mol. The second kappa shape index (κ2) is 16.6. The van der Waals surface area contributed by atoms with Crippen LogP contribution in [-0.2, 0) is 62.0 Å². The van der Waals surface area contributed by atoms with Gasteiger partial charge in [-0.05, 0) is 43.0 Å². The lowest BCUT2D eigenvalue weighted by molar-refractivity contribution is -0.144. The fraction of sp³-hybridized carbons (Fsp3) is 0.257. The van der Waals surface area contributed by atoms with Crippen molar-refractivity contribution in [1.82, 2.24) is 0 Å². The third-order valence-corrected chi connectivity index (χ3v) is 8.87. The number of alkyl halides is 24. The lowest BCUT2D eigenvalue weighted by Gasteiger charge is -2.46. The molecular weight excluding hydrogens is 919 g/mol. The van der Waals surface area contributed by atoms with Gasteiger partial charge in [-0.3, -0.25) is 0 Å². The Labute approximate surface area is 331 Å². The van der Waals surface area contributed by atoms with Crippen molar-refractivity contribution in [2.24, 2.45) is 0 Å². The maximum Gasteiger partial charge on any atom is 0.416 e. The Hall–Kier alpha value is -4.65. The highest BCUT2D eigenvalue weighted by Gasteiger charge is 2.47. The number of hydrogen-bond donors (Lipinski definition) is 0. The molecule has 0 saturated heterocycles. The molecule has 0 nitrogen and oxygen atoms in total. The van der Waals surface area contributed by atoms with Gasteiger partial charge in [-0.2, -0.15) is 127 Å². The van der Waals surface area contributed by atoms with Gasteiger partial charge in [0.15, 0.2) is 0 Å². The van der Waals surface area contributed by atoms with Crippen molar-refractivity contribution in [3.05, 3.63) is 130 Å². The third kappa shape index (κ3) is 11.6. The Morgan fingerprint density at radius 3 is 0.508 bits per heavy atom. The first kappa shape index (κ1) is 50.7. The highest BCUT2D eigenvalue weighted by Crippen LogP contribution is 2.41. The summed E-state index contributed by atoms with van der Waals surface area (Å²) in [4.78, 5) is 0. The molecule has 0 heterocycles. The molecule has 0 bridgehead atoms. The van der Waals surface area contributed by atoms with Gasteiger partial charge in [0.25, 0.3) is 0 Å². The number of hydrogen-bond acceptors (Lipinski definition) is 0. The van der Waals surface area contributed by atoms with E-state index in [9.17, 15) is 105 Å². The second-order valence-electron chi connectivity index (χ2n) is 12.7. The van der Waals surface area contributed by atoms with Gasteiger partial charge < -0.3 is 0 Å². The van der Waals surface area contributed by atoms with Crippen molar-refractivity contribution in [3.8, 4) is 0 Å². The van der Waals surface area contributed by atoms with Crippen LogP contribution in [0.1, 0.15) is 44.5 Å². The summed E-state index contributed by atoms with van der Waals surface area (Å²) < 4.78 is 341. The van der Waals surface area contributed by atoms with Crippen LogP contribution in [0.2, 0.25) is 0 Å². The van der Waals surface area contributed by atoms with Gasteiger partial charge >= 0.3 is 49.4 Å². The summed E-state index contributed by atoms with van der Waals surface area (Å²) in [5, 5.41) is 0. The van der Waals surface area contributed by atoms with Crippen molar-refractivity contribution < 1.29 is 105 Å². The van der Waals surface area contributed by atoms with Crippen LogP contribution in [0.15, 0.2) is 85.5 Å². The zero-order valence-corrected chi connectivity index (χ0v) is 30.1. The summed E-state index contributed by atoms with van der Waals surface area (Å²) in [7, 11) is 0. The molecule has 0 amide bonds. The van der Waals surface area contributed by atoms with Gasteiger partial charge in [0.2, 0.25) is 0 Å². The highest BCUT2D eigenvalue weighted by molar-refractivity contribution is 7.58. The summed E-state index contributed by atoms with van der Waals surface area (Å²) in [6.45, 7) is 3.43. The van der Waals surface area contributed by atoms with Crippen molar-refractivity contribution in [2.45, 2.75) is 49.4 Å². The molecule has 0 aromatic heterocycles. The maximum atomic E-state index is 14.2. The van der Waals surface area contributed by atoms with Gasteiger partial charge in [-0.15, -0.1) is 0 Å². The number of benzene rings is 4. The Bertz CT molecular complexity index is 1770. The summed E-state index contributed by atoms with van der Waals surface area (Å²) in [5.74, 6) is 0.889. The predicted molar refractivity (Wildman–Crippen MR) is 175 cm³/mol. The highest BCUT2D eigenvalue weighted by atomic mass is 32.1. The molecule has 0 fully saturated rings. The van der Waals surface area contributed by atoms with Crippen molar-refractivity contribution >= 4 is 40.6 Å². The SMILES string of the molecule is C=CC[SH2+].FC(F)(F)c1cc([B-](c2cc(C(F)(F)F)cc(C(F)(F)F)c2)(c2cc(C(F)(F)F)cc(C(F)(F)F)c2)c2cc(C(F)(F)F)cc(C(F)(F)F)c2)cc(C(F)(F)F)c1. The van der Waals surface area contributed by atoms with Gasteiger partial charge in [-0.1, -0.05) is 55.1 Å². The van der Waals surface area contributed by atoms with Crippen LogP contribution in [-0.4, -0.2) is 11.9 Å². The molecule has 4 aromatic rings.